The number of phenolic OH excluding ortho intramolecular Hbond substituents is 1. The van der Waals surface area contributed by atoms with Crippen molar-refractivity contribution in [2.24, 2.45) is 0 Å². The predicted molar refractivity (Wildman–Crippen MR) is 294 cm³/mol. The molecular formula is C57H82Cl2O31. The molecule has 2 spiro atoms. The van der Waals surface area contributed by atoms with Gasteiger partial charge in [-0.25, -0.2) is 4.79 Å². The van der Waals surface area contributed by atoms with Gasteiger partial charge in [-0.15, -0.1) is 0 Å². The summed E-state index contributed by atoms with van der Waals surface area (Å²) in [5, 5.41) is 80.3. The number of hydrogen-bond donors (Lipinski definition) is 7. The highest BCUT2D eigenvalue weighted by molar-refractivity contribution is 6.39. The molecule has 7 N–H and O–H groups in total. The minimum Gasteiger partial charge on any atom is -0.505 e. The molecule has 90 heavy (non-hydrogen) atoms. The monoisotopic (exact) mass is 1330 g/mol. The van der Waals surface area contributed by atoms with Gasteiger partial charge in [-0.2, -0.15) is 0 Å². The summed E-state index contributed by atoms with van der Waals surface area (Å²) < 4.78 is 134. The third kappa shape index (κ3) is 12.1. The molecule has 1 aromatic carbocycles. The Morgan fingerprint density at radius 3 is 2.00 bits per heavy atom. The van der Waals surface area contributed by atoms with E-state index in [1.807, 2.05) is 0 Å². The molecule has 0 aliphatic carbocycles. The molecule has 7 unspecified atom stereocenters. The molecule has 10 heterocycles. The van der Waals surface area contributed by atoms with E-state index in [4.69, 9.17) is 127 Å². The van der Waals surface area contributed by atoms with Gasteiger partial charge < -0.3 is 140 Å². The Kier molecular flexibility index (Phi) is 20.3. The van der Waals surface area contributed by atoms with Gasteiger partial charge >= 0.3 is 11.9 Å². The molecule has 10 aliphatic heterocycles. The van der Waals surface area contributed by atoms with Crippen LogP contribution in [0.4, 0.5) is 0 Å². The maximum absolute atomic E-state index is 13.5. The lowest BCUT2D eigenvalue weighted by atomic mass is 9.81. The molecule has 0 aromatic heterocycles. The van der Waals surface area contributed by atoms with Crippen LogP contribution in [0.15, 0.2) is 0 Å². The van der Waals surface area contributed by atoms with Crippen molar-refractivity contribution in [2.75, 3.05) is 48.4 Å². The first-order valence-corrected chi connectivity index (χ1v) is 30.6. The van der Waals surface area contributed by atoms with E-state index in [-0.39, 0.29) is 66.2 Å². The number of Topliss-reactive ketones (excluding diaryl/α,β-unsaturated/α-hetero) is 1. The number of methoxy groups -OCH3 is 4. The number of halogens is 2. The Hall–Kier alpha value is -2.50. The molecule has 33 heteroatoms. The molecule has 31 atom stereocenters. The fourth-order valence-corrected chi connectivity index (χ4v) is 14.7. The SMILES string of the molecule is COC[C@H]1O[C@@H](OC2OC[C@@H]3OC4(O[C@H]3[C@H]2O)O[C@H](C)[C@@](O)(C(C)=O)[C@@H]2OCO[C@H]24)[C@@H](OC)[C@@H](O)[C@@H]1O[C@@H]1O[C@H](C)[C@H](OC)C(OC2C[C@@]3(C)OC4(C[C@@H](O)[C@H](OC5C[C@@H](O)[C@H](OC(=O)c6c(C)c(Cl)c(O)c(Cl)c6OC)[C@@H](C)O5)[C@@H](C)O4)O[C@@H]3[C@@H](C)O2)C1O. The lowest BCUT2D eigenvalue weighted by Gasteiger charge is -2.49. The quantitative estimate of drug-likeness (QED) is 0.106. The van der Waals surface area contributed by atoms with E-state index in [1.54, 1.807) is 34.6 Å². The van der Waals surface area contributed by atoms with Gasteiger partial charge in [-0.3, -0.25) is 4.79 Å². The van der Waals surface area contributed by atoms with Gasteiger partial charge in [-0.05, 0) is 61.0 Å². The van der Waals surface area contributed by atoms with Crippen molar-refractivity contribution in [2.45, 2.75) is 264 Å². The third-order valence-electron chi connectivity index (χ3n) is 18.7. The highest BCUT2D eigenvalue weighted by Gasteiger charge is 2.72. The molecule has 0 saturated carbocycles. The molecule has 31 nitrogen and oxygen atoms in total. The molecule has 11 rings (SSSR count). The molecule has 0 bridgehead atoms. The first kappa shape index (κ1) is 68.9. The van der Waals surface area contributed by atoms with E-state index in [0.717, 1.165) is 0 Å². The summed E-state index contributed by atoms with van der Waals surface area (Å²) in [6.07, 6.45) is -32.4. The average Bonchev–Trinajstić information content (AvgIpc) is 1.53. The van der Waals surface area contributed by atoms with Crippen LogP contribution >= 0.6 is 23.2 Å². The number of hydrogen-bond acceptors (Lipinski definition) is 31. The van der Waals surface area contributed by atoms with Crippen molar-refractivity contribution < 1.29 is 150 Å². The molecule has 0 radical (unpaired) electrons. The minimum absolute atomic E-state index is 0.0141. The fraction of sp³-hybridized carbons (Fsp3) is 0.860. The highest BCUT2D eigenvalue weighted by atomic mass is 35.5. The van der Waals surface area contributed by atoms with Gasteiger partial charge in [0.1, 0.15) is 102 Å². The van der Waals surface area contributed by atoms with Crippen LogP contribution in [0.2, 0.25) is 10.0 Å². The number of aliphatic hydroxyl groups is 6. The molecular weight excluding hydrogens is 1250 g/mol. The Morgan fingerprint density at radius 1 is 0.644 bits per heavy atom. The van der Waals surface area contributed by atoms with E-state index < -0.39 is 206 Å². The maximum atomic E-state index is 13.5. The van der Waals surface area contributed by atoms with Gasteiger partial charge in [0.2, 0.25) is 0 Å². The largest absolute Gasteiger partial charge is 0.505 e. The molecule has 10 fully saturated rings. The van der Waals surface area contributed by atoms with E-state index >= 15 is 0 Å². The number of aromatic hydroxyl groups is 1. The van der Waals surface area contributed by atoms with E-state index in [2.05, 4.69) is 0 Å². The van der Waals surface area contributed by atoms with Crippen LogP contribution in [0.5, 0.6) is 11.5 Å². The average molecular weight is 1330 g/mol. The van der Waals surface area contributed by atoms with E-state index in [9.17, 15) is 45.3 Å². The van der Waals surface area contributed by atoms with Crippen LogP contribution in [0.25, 0.3) is 0 Å². The van der Waals surface area contributed by atoms with Crippen LogP contribution in [-0.2, 0) is 104 Å². The first-order valence-electron chi connectivity index (χ1n) is 29.9. The van der Waals surface area contributed by atoms with Crippen molar-refractivity contribution in [3.05, 3.63) is 21.2 Å². The number of benzene rings is 1. The second kappa shape index (κ2) is 26.5. The number of rotatable bonds is 16. The summed E-state index contributed by atoms with van der Waals surface area (Å²) in [5.41, 5.74) is -3.28. The Morgan fingerprint density at radius 2 is 1.33 bits per heavy atom. The Balaban J connectivity index is 0.701. The summed E-state index contributed by atoms with van der Waals surface area (Å²) in [6.45, 7) is 11.9. The highest BCUT2D eigenvalue weighted by Crippen LogP contribution is 2.53. The molecule has 10 saturated heterocycles. The smallest absolute Gasteiger partial charge is 0.342 e. The molecule has 0 amide bonds. The van der Waals surface area contributed by atoms with Gasteiger partial charge in [0.25, 0.3) is 5.97 Å². The number of carbonyl (C=O) groups is 2. The number of esters is 1. The zero-order valence-corrected chi connectivity index (χ0v) is 53.0. The van der Waals surface area contributed by atoms with Crippen molar-refractivity contribution in [1.29, 1.82) is 0 Å². The van der Waals surface area contributed by atoms with E-state index in [0.29, 0.717) is 0 Å². The van der Waals surface area contributed by atoms with Crippen molar-refractivity contribution in [1.82, 2.24) is 0 Å². The molecule has 510 valence electrons. The van der Waals surface area contributed by atoms with Crippen LogP contribution in [0.1, 0.15) is 83.7 Å². The minimum atomic E-state index is -2.09. The maximum Gasteiger partial charge on any atom is 0.342 e. The van der Waals surface area contributed by atoms with Crippen molar-refractivity contribution in [3.63, 3.8) is 0 Å². The number of ketones is 1. The summed E-state index contributed by atoms with van der Waals surface area (Å²) in [5.74, 6) is -6.01. The summed E-state index contributed by atoms with van der Waals surface area (Å²) in [6, 6.07) is 0. The standard InChI is InChI=1S/C57H82Cl2O31/c1-19-32(44(71-11)34(59)35(63)33(19)58)50(67)82-39-20(2)76-30(13-26(39)61)80-40-22(4)85-55(14-27(40)62)89-47-23(5)77-31(15-54(47,8)90-55)81-45-38(66)52(78-21(3)41(45)70-10)83-42-28(16-69-9)79-53(46(72-12)36(42)64)84-51-37(65)43-29(17-73-51)87-57(88-43)49-48(74-18-75-49)56(68,24(6)60)25(7)86-57/h20-23,25-31,36-43,45-49,51-53,61-66,68H,13-18H2,1-12H3/t20-,21-,22-,23-,25-,26-,27-,28-,29+,30?,31?,36+,37-,38?,39-,40-,41+,42-,43-,45?,46+,47-,48-,49-,51?,52+,53+,54-,55?,56+,57?/m1/s1. The predicted octanol–water partition coefficient (Wildman–Crippen LogP) is -0.155. The molecule has 1 aromatic rings. The summed E-state index contributed by atoms with van der Waals surface area (Å²) in [7, 11) is 5.36. The van der Waals surface area contributed by atoms with Gasteiger partial charge in [-0.1, -0.05) is 23.2 Å². The number of carbonyl (C=O) groups excluding carboxylic acids is 2. The van der Waals surface area contributed by atoms with E-state index in [1.165, 1.54) is 49.2 Å². The van der Waals surface area contributed by atoms with Crippen LogP contribution in [0, 0.1) is 6.92 Å². The summed E-state index contributed by atoms with van der Waals surface area (Å²) >= 11 is 12.5. The zero-order chi connectivity index (χ0) is 65.0. The van der Waals surface area contributed by atoms with Gasteiger partial charge in [0, 0.05) is 34.2 Å². The summed E-state index contributed by atoms with van der Waals surface area (Å²) in [4.78, 5) is 26.2. The number of fused-ring (bicyclic) bond motifs is 4. The second-order valence-corrected chi connectivity index (χ2v) is 25.4. The van der Waals surface area contributed by atoms with Crippen LogP contribution < -0.4 is 4.74 Å². The molecule has 10 aliphatic rings. The Bertz CT molecular complexity index is 2710. The first-order chi connectivity index (χ1) is 42.6. The second-order valence-electron chi connectivity index (χ2n) is 24.7. The normalized spacial score (nSPS) is 49.3. The number of ether oxygens (including phenoxy) is 22. The van der Waals surface area contributed by atoms with Crippen LogP contribution in [-0.4, -0.2) is 285 Å². The van der Waals surface area contributed by atoms with Crippen molar-refractivity contribution in [3.8, 4) is 11.5 Å². The number of phenols is 1. The zero-order valence-electron chi connectivity index (χ0n) is 51.5. The van der Waals surface area contributed by atoms with Crippen LogP contribution in [0.3, 0.4) is 0 Å². The topological polar surface area (TPSA) is 379 Å². The van der Waals surface area contributed by atoms with Crippen molar-refractivity contribution >= 4 is 35.0 Å². The van der Waals surface area contributed by atoms with Gasteiger partial charge in [0.05, 0.1) is 74.5 Å². The lowest BCUT2D eigenvalue weighted by molar-refractivity contribution is -0.428. The lowest BCUT2D eigenvalue weighted by Crippen LogP contribution is -2.72. The number of aliphatic hydroxyl groups excluding tert-OH is 5. The fourth-order valence-electron chi connectivity index (χ4n) is 14.2. The Labute approximate surface area is 527 Å². The third-order valence-corrected chi connectivity index (χ3v) is 19.5. The van der Waals surface area contributed by atoms with Gasteiger partial charge in [0.15, 0.2) is 66.5 Å².